The van der Waals surface area contributed by atoms with Crippen molar-refractivity contribution in [3.05, 3.63) is 23.8 Å². The fourth-order valence-corrected chi connectivity index (χ4v) is 2.16. The van der Waals surface area contributed by atoms with Gasteiger partial charge in [-0.1, -0.05) is 5.16 Å². The maximum atomic E-state index is 9.56. The van der Waals surface area contributed by atoms with E-state index in [2.05, 4.69) is 15.1 Å². The van der Waals surface area contributed by atoms with E-state index < -0.39 is 0 Å². The second kappa shape index (κ2) is 3.70. The van der Waals surface area contributed by atoms with Crippen molar-refractivity contribution in [2.45, 2.75) is 0 Å². The van der Waals surface area contributed by atoms with Gasteiger partial charge in [-0.25, -0.2) is 4.98 Å². The van der Waals surface area contributed by atoms with Crippen LogP contribution < -0.4 is 0 Å². The average molecular weight is 248 g/mol. The van der Waals surface area contributed by atoms with Crippen molar-refractivity contribution < 1.29 is 9.63 Å². The molecule has 0 bridgehead atoms. The number of aromatic hydroxyl groups is 1. The minimum absolute atomic E-state index is 0.144. The summed E-state index contributed by atoms with van der Waals surface area (Å²) in [5.74, 6) is 1.47. The van der Waals surface area contributed by atoms with Gasteiger partial charge >= 0.3 is 0 Å². The molecular weight excluding hydrogens is 240 g/mol. The molecule has 0 atom stereocenters. The van der Waals surface area contributed by atoms with Gasteiger partial charge in [0.1, 0.15) is 10.6 Å². The molecule has 0 saturated heterocycles. The maximum absolute atomic E-state index is 9.56. The molecule has 0 aliphatic carbocycles. The number of rotatable bonds is 2. The van der Waals surface area contributed by atoms with Crippen LogP contribution >= 0.6 is 11.3 Å². The Morgan fingerprint density at radius 1 is 1.47 bits per heavy atom. The van der Waals surface area contributed by atoms with Gasteiger partial charge in [-0.2, -0.15) is 4.98 Å². The van der Waals surface area contributed by atoms with Crippen molar-refractivity contribution >= 4 is 11.3 Å². The van der Waals surface area contributed by atoms with Gasteiger partial charge in [0.25, 0.3) is 5.89 Å². The molecule has 17 heavy (non-hydrogen) atoms. The summed E-state index contributed by atoms with van der Waals surface area (Å²) in [7, 11) is 1.85. The van der Waals surface area contributed by atoms with E-state index in [4.69, 9.17) is 4.52 Å². The molecule has 0 fully saturated rings. The molecule has 1 N–H and O–H groups in total. The third-order valence-corrected chi connectivity index (χ3v) is 3.18. The summed E-state index contributed by atoms with van der Waals surface area (Å²) in [5, 5.41) is 15.2. The standard InChI is InChI=1S/C10H8N4O2S/c1-14-4-3-11-9(14)8-12-10(16-13-8)7-6(15)2-5-17-7/h2-5,15H,1H3. The fourth-order valence-electron chi connectivity index (χ4n) is 1.45. The molecule has 3 heterocycles. The highest BCUT2D eigenvalue weighted by molar-refractivity contribution is 7.13. The number of thiophene rings is 1. The van der Waals surface area contributed by atoms with Gasteiger partial charge in [-0.3, -0.25) is 0 Å². The molecule has 7 heteroatoms. The van der Waals surface area contributed by atoms with E-state index in [1.54, 1.807) is 28.4 Å². The molecule has 0 radical (unpaired) electrons. The van der Waals surface area contributed by atoms with Crippen LogP contribution in [0.25, 0.3) is 22.4 Å². The lowest BCUT2D eigenvalue weighted by Crippen LogP contribution is -1.92. The quantitative estimate of drug-likeness (QED) is 0.749. The Kier molecular flexibility index (Phi) is 2.19. The number of hydrogen-bond donors (Lipinski definition) is 1. The number of aromatic nitrogens is 4. The monoisotopic (exact) mass is 248 g/mol. The van der Waals surface area contributed by atoms with Gasteiger partial charge in [0.15, 0.2) is 5.82 Å². The third kappa shape index (κ3) is 1.60. The van der Waals surface area contributed by atoms with Crippen molar-refractivity contribution in [1.82, 2.24) is 19.7 Å². The van der Waals surface area contributed by atoms with Crippen molar-refractivity contribution in [1.29, 1.82) is 0 Å². The summed E-state index contributed by atoms with van der Waals surface area (Å²) in [5.41, 5.74) is 0. The molecule has 0 amide bonds. The minimum atomic E-state index is 0.144. The normalized spacial score (nSPS) is 10.9. The lowest BCUT2D eigenvalue weighted by molar-refractivity contribution is 0.427. The largest absolute Gasteiger partial charge is 0.506 e. The van der Waals surface area contributed by atoms with Crippen molar-refractivity contribution in [3.63, 3.8) is 0 Å². The van der Waals surface area contributed by atoms with Crippen LogP contribution in [-0.4, -0.2) is 24.8 Å². The molecule has 0 aliphatic heterocycles. The second-order valence-corrected chi connectivity index (χ2v) is 4.34. The van der Waals surface area contributed by atoms with Crippen LogP contribution in [0.1, 0.15) is 0 Å². The van der Waals surface area contributed by atoms with Crippen molar-refractivity contribution in [2.24, 2.45) is 7.05 Å². The van der Waals surface area contributed by atoms with E-state index in [0.29, 0.717) is 22.4 Å². The van der Waals surface area contributed by atoms with Crippen molar-refractivity contribution in [3.8, 4) is 28.2 Å². The predicted octanol–water partition coefficient (Wildman–Crippen LogP) is 1.90. The summed E-state index contributed by atoms with van der Waals surface area (Å²) in [6.07, 6.45) is 3.46. The SMILES string of the molecule is Cn1ccnc1-c1noc(-c2sccc2O)n1. The first kappa shape index (κ1) is 10.0. The minimum Gasteiger partial charge on any atom is -0.506 e. The van der Waals surface area contributed by atoms with Gasteiger partial charge in [0.05, 0.1) is 0 Å². The average Bonchev–Trinajstić information content (AvgIpc) is 2.97. The van der Waals surface area contributed by atoms with Crippen LogP contribution in [0.3, 0.4) is 0 Å². The summed E-state index contributed by atoms with van der Waals surface area (Å²) >= 11 is 1.34. The first-order valence-corrected chi connectivity index (χ1v) is 5.72. The number of aryl methyl sites for hydroxylation is 1. The zero-order chi connectivity index (χ0) is 11.8. The van der Waals surface area contributed by atoms with Gasteiger partial charge in [-0.15, -0.1) is 11.3 Å². The van der Waals surface area contributed by atoms with E-state index >= 15 is 0 Å². The first-order chi connectivity index (χ1) is 8.25. The Hall–Kier alpha value is -2.15. The summed E-state index contributed by atoms with van der Waals surface area (Å²) in [4.78, 5) is 8.90. The first-order valence-electron chi connectivity index (χ1n) is 4.84. The summed E-state index contributed by atoms with van der Waals surface area (Å²) in [6.45, 7) is 0. The molecule has 0 aromatic carbocycles. The maximum Gasteiger partial charge on any atom is 0.272 e. The van der Waals surface area contributed by atoms with Crippen LogP contribution in [0.4, 0.5) is 0 Å². The van der Waals surface area contributed by atoms with Crippen LogP contribution in [-0.2, 0) is 7.05 Å². The number of hydrogen-bond acceptors (Lipinski definition) is 6. The van der Waals surface area contributed by atoms with E-state index in [1.807, 2.05) is 7.05 Å². The van der Waals surface area contributed by atoms with Crippen LogP contribution in [0.5, 0.6) is 5.75 Å². The van der Waals surface area contributed by atoms with Crippen LogP contribution in [0.15, 0.2) is 28.4 Å². The Balaban J connectivity index is 2.05. The molecule has 6 nitrogen and oxygen atoms in total. The van der Waals surface area contributed by atoms with E-state index in [9.17, 15) is 5.11 Å². The lowest BCUT2D eigenvalue weighted by atomic mass is 10.4. The molecule has 0 spiro atoms. The number of imidazole rings is 1. The van der Waals surface area contributed by atoms with Gasteiger partial charge < -0.3 is 14.2 Å². The highest BCUT2D eigenvalue weighted by Crippen LogP contribution is 2.33. The van der Waals surface area contributed by atoms with E-state index in [0.717, 1.165) is 0 Å². The molecule has 0 aliphatic rings. The smallest absolute Gasteiger partial charge is 0.272 e. The fraction of sp³-hybridized carbons (Fsp3) is 0.100. The third-order valence-electron chi connectivity index (χ3n) is 2.29. The lowest BCUT2D eigenvalue weighted by Gasteiger charge is -1.92. The van der Waals surface area contributed by atoms with Crippen LogP contribution in [0, 0.1) is 0 Å². The van der Waals surface area contributed by atoms with E-state index in [1.165, 1.54) is 11.3 Å². The molecular formula is C10H8N4O2S. The molecule has 3 aromatic rings. The summed E-state index contributed by atoms with van der Waals surface area (Å²) < 4.78 is 6.90. The number of nitrogens with zero attached hydrogens (tertiary/aromatic N) is 4. The Bertz CT molecular complexity index is 600. The molecule has 3 aromatic heterocycles. The Morgan fingerprint density at radius 2 is 2.35 bits per heavy atom. The molecule has 0 unspecified atom stereocenters. The zero-order valence-electron chi connectivity index (χ0n) is 8.86. The van der Waals surface area contributed by atoms with Crippen LogP contribution in [0.2, 0.25) is 0 Å². The topological polar surface area (TPSA) is 77.0 Å². The predicted molar refractivity (Wildman–Crippen MR) is 61.5 cm³/mol. The van der Waals surface area contributed by atoms with Gasteiger partial charge in [0.2, 0.25) is 5.82 Å². The molecule has 3 rings (SSSR count). The zero-order valence-corrected chi connectivity index (χ0v) is 9.68. The van der Waals surface area contributed by atoms with Crippen molar-refractivity contribution in [2.75, 3.05) is 0 Å². The molecule has 0 saturated carbocycles. The Morgan fingerprint density at radius 3 is 3.00 bits per heavy atom. The van der Waals surface area contributed by atoms with Gasteiger partial charge in [-0.05, 0) is 11.4 Å². The summed E-state index contributed by atoms with van der Waals surface area (Å²) in [6, 6.07) is 1.59. The highest BCUT2D eigenvalue weighted by atomic mass is 32.1. The van der Waals surface area contributed by atoms with Gasteiger partial charge in [0, 0.05) is 19.4 Å². The second-order valence-electron chi connectivity index (χ2n) is 3.42. The Labute approximate surface area is 100 Å². The van der Waals surface area contributed by atoms with E-state index in [-0.39, 0.29) is 5.75 Å². The highest BCUT2D eigenvalue weighted by Gasteiger charge is 2.16. The molecule has 86 valence electrons.